The molecule has 1 rings (SSSR count). The molecule has 0 heterocycles. The molecule has 0 bridgehead atoms. The van der Waals surface area contributed by atoms with Gasteiger partial charge in [0.05, 0.1) is 6.61 Å². The molecule has 1 N–H and O–H groups in total. The Morgan fingerprint density at radius 3 is 2.22 bits per heavy atom. The van der Waals surface area contributed by atoms with E-state index in [1.807, 2.05) is 19.2 Å². The molecule has 1 unspecified atom stereocenters. The summed E-state index contributed by atoms with van der Waals surface area (Å²) in [4.78, 5) is 0. The van der Waals surface area contributed by atoms with Crippen molar-refractivity contribution in [3.63, 3.8) is 0 Å². The molecule has 0 spiro atoms. The van der Waals surface area contributed by atoms with Gasteiger partial charge in [0, 0.05) is 13.7 Å². The zero-order valence-electron chi connectivity index (χ0n) is 12.1. The maximum atomic E-state index is 5.88. The molecule has 18 heavy (non-hydrogen) atoms. The second-order valence-electron chi connectivity index (χ2n) is 5.53. The summed E-state index contributed by atoms with van der Waals surface area (Å²) in [6.07, 6.45) is 0.0421. The summed E-state index contributed by atoms with van der Waals surface area (Å²) < 4.78 is 11.0. The maximum absolute atomic E-state index is 5.88. The number of hydrogen-bond acceptors (Lipinski definition) is 3. The highest BCUT2D eigenvalue weighted by Crippen LogP contribution is 2.24. The van der Waals surface area contributed by atoms with Crippen LogP contribution in [-0.2, 0) is 10.2 Å². The normalized spacial score (nSPS) is 13.4. The Morgan fingerprint density at radius 1 is 1.17 bits per heavy atom. The molecule has 3 heteroatoms. The van der Waals surface area contributed by atoms with Gasteiger partial charge in [-0.1, -0.05) is 32.9 Å². The van der Waals surface area contributed by atoms with Crippen LogP contribution in [0.15, 0.2) is 24.3 Å². The summed E-state index contributed by atoms with van der Waals surface area (Å²) in [5.41, 5.74) is 1.49. The van der Waals surface area contributed by atoms with Crippen molar-refractivity contribution in [2.45, 2.75) is 32.3 Å². The minimum absolute atomic E-state index is 0.0421. The molecule has 0 amide bonds. The van der Waals surface area contributed by atoms with Crippen molar-refractivity contribution in [3.05, 3.63) is 29.8 Å². The Bertz CT molecular complexity index is 335. The van der Waals surface area contributed by atoms with Crippen molar-refractivity contribution in [1.82, 2.24) is 5.32 Å². The summed E-state index contributed by atoms with van der Waals surface area (Å²) >= 11 is 0. The molecule has 1 aromatic rings. The van der Waals surface area contributed by atoms with Gasteiger partial charge in [0.15, 0.2) is 0 Å². The van der Waals surface area contributed by atoms with Gasteiger partial charge in [-0.15, -0.1) is 0 Å². The predicted molar refractivity (Wildman–Crippen MR) is 75.4 cm³/mol. The SMILES string of the molecule is CNCC(COC)Oc1ccc(C(C)(C)C)cc1. The first-order chi connectivity index (χ1) is 8.47. The third-order valence-corrected chi connectivity index (χ3v) is 2.81. The highest BCUT2D eigenvalue weighted by Gasteiger charge is 2.14. The lowest BCUT2D eigenvalue weighted by Crippen LogP contribution is -2.33. The lowest BCUT2D eigenvalue weighted by Gasteiger charge is -2.21. The average Bonchev–Trinajstić information content (AvgIpc) is 2.29. The van der Waals surface area contributed by atoms with E-state index in [4.69, 9.17) is 9.47 Å². The number of benzene rings is 1. The van der Waals surface area contributed by atoms with Gasteiger partial charge in [-0.25, -0.2) is 0 Å². The van der Waals surface area contributed by atoms with Crippen molar-refractivity contribution < 1.29 is 9.47 Å². The average molecular weight is 251 g/mol. The number of rotatable bonds is 6. The second kappa shape index (κ2) is 6.76. The molecule has 0 saturated carbocycles. The van der Waals surface area contributed by atoms with E-state index in [9.17, 15) is 0 Å². The van der Waals surface area contributed by atoms with E-state index >= 15 is 0 Å². The van der Waals surface area contributed by atoms with Crippen LogP contribution >= 0.6 is 0 Å². The van der Waals surface area contributed by atoms with E-state index in [1.165, 1.54) is 5.56 Å². The zero-order valence-corrected chi connectivity index (χ0v) is 12.1. The van der Waals surface area contributed by atoms with Crippen LogP contribution < -0.4 is 10.1 Å². The monoisotopic (exact) mass is 251 g/mol. The summed E-state index contributed by atoms with van der Waals surface area (Å²) in [5, 5.41) is 3.10. The van der Waals surface area contributed by atoms with Crippen molar-refractivity contribution in [3.8, 4) is 5.75 Å². The summed E-state index contributed by atoms with van der Waals surface area (Å²) in [7, 11) is 3.60. The van der Waals surface area contributed by atoms with Crippen molar-refractivity contribution >= 4 is 0 Å². The molecular weight excluding hydrogens is 226 g/mol. The van der Waals surface area contributed by atoms with Crippen LogP contribution in [-0.4, -0.2) is 33.4 Å². The Labute approximate surface area is 110 Å². The van der Waals surface area contributed by atoms with Gasteiger partial charge >= 0.3 is 0 Å². The van der Waals surface area contributed by atoms with E-state index in [2.05, 4.69) is 38.2 Å². The largest absolute Gasteiger partial charge is 0.487 e. The summed E-state index contributed by atoms with van der Waals surface area (Å²) in [5.74, 6) is 0.889. The standard InChI is InChI=1S/C15H25NO2/c1-15(2,3)12-6-8-13(9-7-12)18-14(10-16-4)11-17-5/h6-9,14,16H,10-11H2,1-5H3. The van der Waals surface area contributed by atoms with Gasteiger partial charge in [0.1, 0.15) is 11.9 Å². The van der Waals surface area contributed by atoms with E-state index in [1.54, 1.807) is 7.11 Å². The van der Waals surface area contributed by atoms with E-state index in [0.29, 0.717) is 6.61 Å². The fraction of sp³-hybridized carbons (Fsp3) is 0.600. The number of methoxy groups -OCH3 is 1. The van der Waals surface area contributed by atoms with Crippen LogP contribution in [0.25, 0.3) is 0 Å². The third-order valence-electron chi connectivity index (χ3n) is 2.81. The Hall–Kier alpha value is -1.06. The maximum Gasteiger partial charge on any atom is 0.134 e. The quantitative estimate of drug-likeness (QED) is 0.843. The third kappa shape index (κ3) is 4.67. The number of ether oxygens (including phenoxy) is 2. The molecule has 1 aromatic carbocycles. The molecule has 0 saturated heterocycles. The van der Waals surface area contributed by atoms with Gasteiger partial charge < -0.3 is 14.8 Å². The van der Waals surface area contributed by atoms with Gasteiger partial charge in [-0.05, 0) is 30.2 Å². The topological polar surface area (TPSA) is 30.5 Å². The second-order valence-corrected chi connectivity index (χ2v) is 5.53. The fourth-order valence-corrected chi connectivity index (χ4v) is 1.77. The molecule has 1 atom stereocenters. The number of likely N-dealkylation sites (N-methyl/N-ethyl adjacent to an activating group) is 1. The lowest BCUT2D eigenvalue weighted by atomic mass is 9.87. The van der Waals surface area contributed by atoms with Gasteiger partial charge in [-0.2, -0.15) is 0 Å². The smallest absolute Gasteiger partial charge is 0.134 e. The van der Waals surface area contributed by atoms with Crippen LogP contribution in [0.4, 0.5) is 0 Å². The highest BCUT2D eigenvalue weighted by atomic mass is 16.5. The Morgan fingerprint density at radius 2 is 1.78 bits per heavy atom. The minimum atomic E-state index is 0.0421. The van der Waals surface area contributed by atoms with E-state index in [-0.39, 0.29) is 11.5 Å². The van der Waals surface area contributed by atoms with Crippen molar-refractivity contribution in [1.29, 1.82) is 0 Å². The van der Waals surface area contributed by atoms with Crippen LogP contribution in [0.1, 0.15) is 26.3 Å². The zero-order chi connectivity index (χ0) is 13.6. The molecular formula is C15H25NO2. The van der Waals surface area contributed by atoms with Crippen molar-refractivity contribution in [2.24, 2.45) is 0 Å². The highest BCUT2D eigenvalue weighted by molar-refractivity contribution is 5.31. The van der Waals surface area contributed by atoms with E-state index in [0.717, 1.165) is 12.3 Å². The first-order valence-electron chi connectivity index (χ1n) is 6.38. The number of nitrogens with one attached hydrogen (secondary N) is 1. The molecule has 0 radical (unpaired) electrons. The molecule has 0 fully saturated rings. The fourth-order valence-electron chi connectivity index (χ4n) is 1.77. The van der Waals surface area contributed by atoms with Gasteiger partial charge in [-0.3, -0.25) is 0 Å². The van der Waals surface area contributed by atoms with Gasteiger partial charge in [0.25, 0.3) is 0 Å². The first kappa shape index (κ1) is 15.0. The van der Waals surface area contributed by atoms with Crippen molar-refractivity contribution in [2.75, 3.05) is 27.3 Å². The molecule has 0 aliphatic rings. The van der Waals surface area contributed by atoms with Crippen LogP contribution in [0.3, 0.4) is 0 Å². The van der Waals surface area contributed by atoms with E-state index < -0.39 is 0 Å². The summed E-state index contributed by atoms with van der Waals surface area (Å²) in [6, 6.07) is 8.30. The first-order valence-corrected chi connectivity index (χ1v) is 6.38. The van der Waals surface area contributed by atoms with Crippen LogP contribution in [0.5, 0.6) is 5.75 Å². The Kier molecular flexibility index (Phi) is 5.63. The van der Waals surface area contributed by atoms with Gasteiger partial charge in [0.2, 0.25) is 0 Å². The molecule has 102 valence electrons. The van der Waals surface area contributed by atoms with Crippen LogP contribution in [0, 0.1) is 0 Å². The molecule has 0 aliphatic heterocycles. The minimum Gasteiger partial charge on any atom is -0.487 e. The number of hydrogen-bond donors (Lipinski definition) is 1. The predicted octanol–water partition coefficient (Wildman–Crippen LogP) is 2.60. The molecule has 0 aliphatic carbocycles. The molecule has 3 nitrogen and oxygen atoms in total. The molecule has 0 aromatic heterocycles. The Balaban J connectivity index is 2.67. The summed E-state index contributed by atoms with van der Waals surface area (Å²) in [6.45, 7) is 7.98. The van der Waals surface area contributed by atoms with Crippen LogP contribution in [0.2, 0.25) is 0 Å². The lowest BCUT2D eigenvalue weighted by molar-refractivity contribution is 0.0818.